The third kappa shape index (κ3) is 7.87. The van der Waals surface area contributed by atoms with Gasteiger partial charge in [-0.15, -0.1) is 0 Å². The average molecular weight is 349 g/mol. The van der Waals surface area contributed by atoms with Crippen LogP contribution in [0.1, 0.15) is 60.8 Å². The molecular formula is C26H36. The summed E-state index contributed by atoms with van der Waals surface area (Å²) < 4.78 is 0. The molecule has 0 atom stereocenters. The van der Waals surface area contributed by atoms with Crippen LogP contribution in [0.2, 0.25) is 0 Å². The largest absolute Gasteiger partial charge is 0.0988 e. The molecule has 0 spiro atoms. The lowest BCUT2D eigenvalue weighted by Crippen LogP contribution is -2.19. The first-order chi connectivity index (χ1) is 12.3. The van der Waals surface area contributed by atoms with Crippen molar-refractivity contribution in [1.29, 1.82) is 0 Å². The van der Waals surface area contributed by atoms with Gasteiger partial charge in [-0.2, -0.15) is 0 Å². The van der Waals surface area contributed by atoms with Gasteiger partial charge in [0.05, 0.1) is 0 Å². The second-order valence-electron chi connectivity index (χ2n) is 7.94. The van der Waals surface area contributed by atoms with E-state index in [1.807, 2.05) is 19.1 Å². The summed E-state index contributed by atoms with van der Waals surface area (Å²) in [5.41, 5.74) is 7.04. The number of hydrogen-bond donors (Lipinski definition) is 0. The third-order valence-electron chi connectivity index (χ3n) is 4.92. The van der Waals surface area contributed by atoms with Crippen molar-refractivity contribution >= 4 is 0 Å². The maximum absolute atomic E-state index is 3.74. The minimum Gasteiger partial charge on any atom is -0.0988 e. The van der Waals surface area contributed by atoms with E-state index in [0.717, 1.165) is 0 Å². The summed E-state index contributed by atoms with van der Waals surface area (Å²) in [5, 5.41) is 0. The van der Waals surface area contributed by atoms with Crippen molar-refractivity contribution in [3.8, 4) is 0 Å². The monoisotopic (exact) mass is 348 g/mol. The highest BCUT2D eigenvalue weighted by Gasteiger charge is 2.26. The Morgan fingerprint density at radius 2 is 1.46 bits per heavy atom. The summed E-state index contributed by atoms with van der Waals surface area (Å²) in [6, 6.07) is 0. The first-order valence-corrected chi connectivity index (χ1v) is 9.64. The summed E-state index contributed by atoms with van der Waals surface area (Å²) in [4.78, 5) is 0. The predicted molar refractivity (Wildman–Crippen MR) is 119 cm³/mol. The SMILES string of the molecule is C=CC(C)=CC=CC=C(C)C=CC=C(C)C=CC1=C(C)CCCC1(C)C. The first kappa shape index (κ1) is 22.0. The lowest BCUT2D eigenvalue weighted by atomic mass is 9.72. The van der Waals surface area contributed by atoms with E-state index in [-0.39, 0.29) is 0 Å². The Kier molecular flexibility index (Phi) is 9.13. The molecular weight excluding hydrogens is 312 g/mol. The number of allylic oxidation sites excluding steroid dienone is 15. The Hall–Kier alpha value is -2.08. The van der Waals surface area contributed by atoms with Crippen molar-refractivity contribution in [2.24, 2.45) is 5.41 Å². The van der Waals surface area contributed by atoms with Gasteiger partial charge >= 0.3 is 0 Å². The van der Waals surface area contributed by atoms with E-state index >= 15 is 0 Å². The minimum absolute atomic E-state index is 0.305. The van der Waals surface area contributed by atoms with Crippen LogP contribution >= 0.6 is 0 Å². The fourth-order valence-electron chi connectivity index (χ4n) is 3.17. The minimum atomic E-state index is 0.305. The van der Waals surface area contributed by atoms with E-state index < -0.39 is 0 Å². The van der Waals surface area contributed by atoms with Crippen molar-refractivity contribution in [3.63, 3.8) is 0 Å². The molecule has 0 N–H and O–H groups in total. The van der Waals surface area contributed by atoms with Gasteiger partial charge in [0.25, 0.3) is 0 Å². The fraction of sp³-hybridized carbons (Fsp3) is 0.385. The zero-order valence-corrected chi connectivity index (χ0v) is 17.6. The van der Waals surface area contributed by atoms with Crippen LogP contribution in [0, 0.1) is 5.41 Å². The normalized spacial score (nSPS) is 20.0. The van der Waals surface area contributed by atoms with Crippen LogP contribution in [0.3, 0.4) is 0 Å². The van der Waals surface area contributed by atoms with Crippen LogP contribution in [0.5, 0.6) is 0 Å². The molecule has 0 saturated carbocycles. The molecule has 0 aromatic heterocycles. The van der Waals surface area contributed by atoms with Crippen molar-refractivity contribution < 1.29 is 0 Å². The zero-order chi connectivity index (χ0) is 19.6. The molecule has 0 aliphatic heterocycles. The van der Waals surface area contributed by atoms with Gasteiger partial charge in [0.15, 0.2) is 0 Å². The smallest absolute Gasteiger partial charge is 0.0104 e. The van der Waals surface area contributed by atoms with Crippen LogP contribution in [0.15, 0.2) is 95.2 Å². The fourth-order valence-corrected chi connectivity index (χ4v) is 3.17. The van der Waals surface area contributed by atoms with Crippen LogP contribution in [-0.4, -0.2) is 0 Å². The van der Waals surface area contributed by atoms with Gasteiger partial charge in [-0.25, -0.2) is 0 Å². The molecule has 0 bridgehead atoms. The maximum Gasteiger partial charge on any atom is -0.0104 e. The highest BCUT2D eigenvalue weighted by molar-refractivity contribution is 5.37. The van der Waals surface area contributed by atoms with E-state index in [0.29, 0.717) is 5.41 Å². The maximum atomic E-state index is 3.74. The first-order valence-electron chi connectivity index (χ1n) is 9.64. The number of rotatable bonds is 7. The van der Waals surface area contributed by atoms with Crippen LogP contribution in [0.4, 0.5) is 0 Å². The molecule has 0 amide bonds. The van der Waals surface area contributed by atoms with Crippen molar-refractivity contribution in [2.75, 3.05) is 0 Å². The van der Waals surface area contributed by atoms with Crippen molar-refractivity contribution in [3.05, 3.63) is 95.2 Å². The number of hydrogen-bond acceptors (Lipinski definition) is 0. The molecule has 1 rings (SSSR count). The molecule has 26 heavy (non-hydrogen) atoms. The zero-order valence-electron chi connectivity index (χ0n) is 17.6. The Morgan fingerprint density at radius 1 is 0.885 bits per heavy atom. The third-order valence-corrected chi connectivity index (χ3v) is 4.92. The molecule has 0 aromatic rings. The Balaban J connectivity index is 2.70. The van der Waals surface area contributed by atoms with E-state index in [1.165, 1.54) is 41.6 Å². The Labute approximate surface area is 161 Å². The molecule has 1 aliphatic rings. The lowest BCUT2D eigenvalue weighted by molar-refractivity contribution is 0.377. The van der Waals surface area contributed by atoms with Gasteiger partial charge in [-0.05, 0) is 57.9 Å². The van der Waals surface area contributed by atoms with Crippen molar-refractivity contribution in [1.82, 2.24) is 0 Å². The molecule has 0 radical (unpaired) electrons. The van der Waals surface area contributed by atoms with E-state index in [9.17, 15) is 0 Å². The predicted octanol–water partition coefficient (Wildman–Crippen LogP) is 8.21. The average Bonchev–Trinajstić information content (AvgIpc) is 2.57. The van der Waals surface area contributed by atoms with Gasteiger partial charge in [0.1, 0.15) is 0 Å². The molecule has 0 heterocycles. The molecule has 0 saturated heterocycles. The van der Waals surface area contributed by atoms with Gasteiger partial charge in [-0.1, -0.05) is 103 Å². The van der Waals surface area contributed by atoms with Gasteiger partial charge < -0.3 is 0 Å². The molecule has 1 aliphatic carbocycles. The summed E-state index contributed by atoms with van der Waals surface area (Å²) in [5.74, 6) is 0. The second kappa shape index (κ2) is 10.8. The summed E-state index contributed by atoms with van der Waals surface area (Å²) >= 11 is 0. The Bertz CT molecular complexity index is 694. The van der Waals surface area contributed by atoms with Crippen molar-refractivity contribution in [2.45, 2.75) is 60.8 Å². The summed E-state index contributed by atoms with van der Waals surface area (Å²) in [6.07, 6.45) is 25.0. The molecule has 0 heteroatoms. The van der Waals surface area contributed by atoms with Gasteiger partial charge in [0.2, 0.25) is 0 Å². The molecule has 140 valence electrons. The van der Waals surface area contributed by atoms with Crippen LogP contribution in [-0.2, 0) is 0 Å². The summed E-state index contributed by atoms with van der Waals surface area (Å²) in [6.45, 7) is 17.1. The van der Waals surface area contributed by atoms with Gasteiger partial charge in [-0.3, -0.25) is 0 Å². The quantitative estimate of drug-likeness (QED) is 0.407. The van der Waals surface area contributed by atoms with Gasteiger partial charge in [0, 0.05) is 0 Å². The van der Waals surface area contributed by atoms with Crippen LogP contribution in [0.25, 0.3) is 0 Å². The lowest BCUT2D eigenvalue weighted by Gasteiger charge is -2.32. The van der Waals surface area contributed by atoms with E-state index in [1.54, 1.807) is 5.57 Å². The standard InChI is InChI=1S/C26H36/c1-8-21(2)13-9-10-14-22(3)15-11-16-23(4)18-19-25-24(5)17-12-20-26(25,6)7/h8-11,13-16,18-19H,1,12,17,20H2,2-7H3. The Morgan fingerprint density at radius 3 is 2.08 bits per heavy atom. The van der Waals surface area contributed by atoms with Crippen LogP contribution < -0.4 is 0 Å². The molecule has 0 aromatic carbocycles. The highest BCUT2D eigenvalue weighted by atomic mass is 14.3. The van der Waals surface area contributed by atoms with E-state index in [4.69, 9.17) is 0 Å². The highest BCUT2D eigenvalue weighted by Crippen LogP contribution is 2.40. The topological polar surface area (TPSA) is 0 Å². The molecule has 0 nitrogen and oxygen atoms in total. The summed E-state index contributed by atoms with van der Waals surface area (Å²) in [7, 11) is 0. The second-order valence-corrected chi connectivity index (χ2v) is 7.94. The van der Waals surface area contributed by atoms with E-state index in [2.05, 4.69) is 89.8 Å². The molecule has 0 fully saturated rings. The molecule has 0 unspecified atom stereocenters.